The minimum Gasteiger partial charge on any atom is -0.395 e. The summed E-state index contributed by atoms with van der Waals surface area (Å²) in [6, 6.07) is 3.98. The van der Waals surface area contributed by atoms with E-state index in [0.29, 0.717) is 29.0 Å². The number of pyridine rings is 1. The molecule has 0 fully saturated rings. The Morgan fingerprint density at radius 3 is 2.82 bits per heavy atom. The normalized spacial score (nSPS) is 13.8. The van der Waals surface area contributed by atoms with E-state index in [-0.39, 0.29) is 0 Å². The van der Waals surface area contributed by atoms with Crippen LogP contribution >= 0.6 is 0 Å². The largest absolute Gasteiger partial charge is 0.395 e. The minimum absolute atomic E-state index is 0.300. The Kier molecular flexibility index (Phi) is 4.77. The Hall–Kier alpha value is -1.76. The molecule has 3 N–H and O–H groups in total. The highest BCUT2D eigenvalue weighted by Gasteiger charge is 2.11. The molecule has 4 heteroatoms. The van der Waals surface area contributed by atoms with E-state index in [0.717, 1.165) is 12.8 Å². The first kappa shape index (κ1) is 13.3. The Bertz CT molecular complexity index is 408. The van der Waals surface area contributed by atoms with Gasteiger partial charge in [-0.2, -0.15) is 5.26 Å². The molecule has 1 aromatic heterocycles. The number of nitriles is 1. The number of hydrogen-bond donors (Lipinski definition) is 2. The van der Waals surface area contributed by atoms with Gasteiger partial charge in [-0.05, 0) is 25.3 Å². The second-order valence-electron chi connectivity index (χ2n) is 4.53. The van der Waals surface area contributed by atoms with Crippen LogP contribution in [0.15, 0.2) is 12.3 Å². The predicted molar refractivity (Wildman–Crippen MR) is 70.5 cm³/mol. The van der Waals surface area contributed by atoms with Crippen molar-refractivity contribution in [3.05, 3.63) is 17.8 Å². The lowest BCUT2D eigenvalue weighted by molar-refractivity contribution is 0.483. The van der Waals surface area contributed by atoms with E-state index in [1.165, 1.54) is 0 Å². The zero-order valence-electron chi connectivity index (χ0n) is 10.7. The molecule has 0 saturated carbocycles. The number of rotatable bonds is 5. The summed E-state index contributed by atoms with van der Waals surface area (Å²) in [5.74, 6) is 1.28. The Morgan fingerprint density at radius 1 is 1.53 bits per heavy atom. The van der Waals surface area contributed by atoms with E-state index < -0.39 is 0 Å². The highest BCUT2D eigenvalue weighted by atomic mass is 15.0. The quantitative estimate of drug-likeness (QED) is 0.818. The lowest BCUT2D eigenvalue weighted by Crippen LogP contribution is -2.20. The molecule has 0 bridgehead atoms. The van der Waals surface area contributed by atoms with Crippen molar-refractivity contribution in [3.63, 3.8) is 0 Å². The Labute approximate surface area is 103 Å². The average molecular weight is 232 g/mol. The highest BCUT2D eigenvalue weighted by molar-refractivity contribution is 5.69. The van der Waals surface area contributed by atoms with Crippen molar-refractivity contribution in [1.29, 1.82) is 5.26 Å². The van der Waals surface area contributed by atoms with E-state index in [2.05, 4.69) is 37.1 Å². The van der Waals surface area contributed by atoms with Gasteiger partial charge in [0, 0.05) is 12.2 Å². The first-order chi connectivity index (χ1) is 8.08. The fourth-order valence-corrected chi connectivity index (χ4v) is 1.75. The summed E-state index contributed by atoms with van der Waals surface area (Å²) in [6.45, 7) is 6.51. The second kappa shape index (κ2) is 6.09. The van der Waals surface area contributed by atoms with E-state index in [9.17, 15) is 0 Å². The molecule has 0 aromatic carbocycles. The first-order valence-electron chi connectivity index (χ1n) is 5.99. The van der Waals surface area contributed by atoms with Crippen LogP contribution in [0, 0.1) is 17.2 Å². The van der Waals surface area contributed by atoms with Gasteiger partial charge >= 0.3 is 0 Å². The molecular formula is C13H20N4. The smallest absolute Gasteiger partial charge is 0.150 e. The van der Waals surface area contributed by atoms with Gasteiger partial charge < -0.3 is 11.1 Å². The zero-order valence-corrected chi connectivity index (χ0v) is 10.7. The fraction of sp³-hybridized carbons (Fsp3) is 0.538. The van der Waals surface area contributed by atoms with Gasteiger partial charge in [-0.1, -0.05) is 20.3 Å². The molecule has 0 amide bonds. The van der Waals surface area contributed by atoms with Gasteiger partial charge in [0.25, 0.3) is 0 Å². The average Bonchev–Trinajstić information content (AvgIpc) is 2.31. The van der Waals surface area contributed by atoms with E-state index >= 15 is 0 Å². The first-order valence-corrected chi connectivity index (χ1v) is 5.99. The number of hydrogen-bond acceptors (Lipinski definition) is 4. The third-order valence-corrected chi connectivity index (χ3v) is 2.95. The summed E-state index contributed by atoms with van der Waals surface area (Å²) in [7, 11) is 0. The number of nitrogens with one attached hydrogen (secondary N) is 1. The van der Waals surface area contributed by atoms with E-state index in [1.54, 1.807) is 12.3 Å². The molecule has 92 valence electrons. The molecule has 17 heavy (non-hydrogen) atoms. The fourth-order valence-electron chi connectivity index (χ4n) is 1.75. The van der Waals surface area contributed by atoms with Gasteiger partial charge in [0.15, 0.2) is 5.82 Å². The van der Waals surface area contributed by atoms with Crippen LogP contribution in [0.1, 0.15) is 39.2 Å². The lowest BCUT2D eigenvalue weighted by Gasteiger charge is -2.19. The van der Waals surface area contributed by atoms with Crippen molar-refractivity contribution in [2.24, 2.45) is 5.92 Å². The van der Waals surface area contributed by atoms with Gasteiger partial charge in [-0.3, -0.25) is 0 Å². The van der Waals surface area contributed by atoms with Gasteiger partial charge in [0.05, 0.1) is 11.3 Å². The van der Waals surface area contributed by atoms with Crippen LogP contribution < -0.4 is 11.1 Å². The Morgan fingerprint density at radius 2 is 2.24 bits per heavy atom. The third-order valence-electron chi connectivity index (χ3n) is 2.95. The van der Waals surface area contributed by atoms with Crippen molar-refractivity contribution in [3.8, 4) is 6.07 Å². The topological polar surface area (TPSA) is 74.7 Å². The van der Waals surface area contributed by atoms with Crippen LogP contribution in [0.25, 0.3) is 0 Å². The minimum atomic E-state index is 0.300. The summed E-state index contributed by atoms with van der Waals surface area (Å²) in [5.41, 5.74) is 6.76. The van der Waals surface area contributed by atoms with Crippen molar-refractivity contribution in [2.75, 3.05) is 11.1 Å². The van der Waals surface area contributed by atoms with Crippen LogP contribution in [-0.4, -0.2) is 11.0 Å². The molecule has 2 atom stereocenters. The molecule has 0 saturated heterocycles. The van der Waals surface area contributed by atoms with E-state index in [1.807, 2.05) is 0 Å². The SMILES string of the molecule is CCC(C)CC(C)Nc1nccc(C#N)c1N. The van der Waals surface area contributed by atoms with Crippen molar-refractivity contribution >= 4 is 11.5 Å². The summed E-state index contributed by atoms with van der Waals surface area (Å²) in [5, 5.41) is 12.1. The van der Waals surface area contributed by atoms with Crippen LogP contribution in [-0.2, 0) is 0 Å². The van der Waals surface area contributed by atoms with Crippen LogP contribution in [0.2, 0.25) is 0 Å². The molecular weight excluding hydrogens is 212 g/mol. The van der Waals surface area contributed by atoms with Crippen LogP contribution in [0.4, 0.5) is 11.5 Å². The lowest BCUT2D eigenvalue weighted by atomic mass is 10.0. The molecule has 0 aliphatic rings. The molecule has 0 spiro atoms. The van der Waals surface area contributed by atoms with Crippen LogP contribution in [0.3, 0.4) is 0 Å². The molecule has 1 rings (SSSR count). The van der Waals surface area contributed by atoms with Gasteiger partial charge in [-0.15, -0.1) is 0 Å². The summed E-state index contributed by atoms with van der Waals surface area (Å²) >= 11 is 0. The third kappa shape index (κ3) is 3.63. The van der Waals surface area contributed by atoms with Gasteiger partial charge in [0.2, 0.25) is 0 Å². The number of nitrogen functional groups attached to an aromatic ring is 1. The van der Waals surface area contributed by atoms with Crippen molar-refractivity contribution in [2.45, 2.75) is 39.7 Å². The molecule has 0 aliphatic carbocycles. The van der Waals surface area contributed by atoms with Crippen molar-refractivity contribution in [1.82, 2.24) is 4.98 Å². The standard InChI is InChI=1S/C13H20N4/c1-4-9(2)7-10(3)17-13-12(15)11(8-14)5-6-16-13/h5-6,9-10H,4,7,15H2,1-3H3,(H,16,17). The number of nitrogens with two attached hydrogens (primary N) is 1. The number of aromatic nitrogens is 1. The highest BCUT2D eigenvalue weighted by Crippen LogP contribution is 2.21. The molecule has 2 unspecified atom stereocenters. The summed E-state index contributed by atoms with van der Waals surface area (Å²) in [4.78, 5) is 4.17. The number of anilines is 2. The van der Waals surface area contributed by atoms with Crippen LogP contribution in [0.5, 0.6) is 0 Å². The molecule has 4 nitrogen and oxygen atoms in total. The summed E-state index contributed by atoms with van der Waals surface area (Å²) in [6.07, 6.45) is 3.83. The zero-order chi connectivity index (χ0) is 12.8. The maximum atomic E-state index is 8.87. The molecule has 1 heterocycles. The van der Waals surface area contributed by atoms with Gasteiger partial charge in [-0.25, -0.2) is 4.98 Å². The maximum absolute atomic E-state index is 8.87. The predicted octanol–water partition coefficient (Wildman–Crippen LogP) is 2.77. The molecule has 0 radical (unpaired) electrons. The summed E-state index contributed by atoms with van der Waals surface area (Å²) < 4.78 is 0. The second-order valence-corrected chi connectivity index (χ2v) is 4.53. The van der Waals surface area contributed by atoms with E-state index in [4.69, 9.17) is 11.0 Å². The monoisotopic (exact) mass is 232 g/mol. The van der Waals surface area contributed by atoms with Crippen molar-refractivity contribution < 1.29 is 0 Å². The van der Waals surface area contributed by atoms with Gasteiger partial charge in [0.1, 0.15) is 6.07 Å². The Balaban J connectivity index is 2.72. The maximum Gasteiger partial charge on any atom is 0.150 e. The molecule has 0 aliphatic heterocycles. The molecule has 1 aromatic rings. The number of nitrogens with zero attached hydrogens (tertiary/aromatic N) is 2.